The van der Waals surface area contributed by atoms with Gasteiger partial charge in [0.15, 0.2) is 0 Å². The molecule has 1 fully saturated rings. The summed E-state index contributed by atoms with van der Waals surface area (Å²) in [5.41, 5.74) is 0.408. The number of hydrogen-bond donors (Lipinski definition) is 0. The third-order valence-corrected chi connectivity index (χ3v) is 4.03. The molecule has 1 aliphatic heterocycles. The zero-order valence-electron chi connectivity index (χ0n) is 11.0. The monoisotopic (exact) mass is 221 g/mol. The second-order valence-electron chi connectivity index (χ2n) is 5.28. The van der Waals surface area contributed by atoms with E-state index in [1.54, 1.807) is 6.92 Å². The van der Waals surface area contributed by atoms with Crippen molar-refractivity contribution < 1.29 is 4.79 Å². The Balaban J connectivity index is 2.50. The van der Waals surface area contributed by atoms with E-state index >= 15 is 0 Å². The van der Waals surface area contributed by atoms with Gasteiger partial charge in [0, 0.05) is 13.1 Å². The van der Waals surface area contributed by atoms with Crippen molar-refractivity contribution in [3.8, 4) is 11.8 Å². The molecule has 0 saturated carbocycles. The molecule has 0 radical (unpaired) electrons. The highest BCUT2D eigenvalue weighted by molar-refractivity contribution is 5.93. The first-order chi connectivity index (χ1) is 7.51. The molecule has 0 aromatic carbocycles. The topological polar surface area (TPSA) is 20.3 Å². The zero-order chi connectivity index (χ0) is 12.2. The second-order valence-corrected chi connectivity index (χ2v) is 5.28. The molecule has 0 aromatic rings. The highest BCUT2D eigenvalue weighted by atomic mass is 16.2. The van der Waals surface area contributed by atoms with Crippen LogP contribution in [0.25, 0.3) is 0 Å². The molecule has 1 amide bonds. The van der Waals surface area contributed by atoms with E-state index in [4.69, 9.17) is 0 Å². The first kappa shape index (κ1) is 13.1. The number of carbonyl (C=O) groups excluding carboxylic acids is 1. The van der Waals surface area contributed by atoms with Crippen molar-refractivity contribution >= 4 is 5.91 Å². The molecule has 2 nitrogen and oxygen atoms in total. The lowest BCUT2D eigenvalue weighted by molar-refractivity contribution is -0.127. The average molecular weight is 221 g/mol. The lowest BCUT2D eigenvalue weighted by atomic mass is 9.72. The number of amides is 1. The Morgan fingerprint density at radius 3 is 2.38 bits per heavy atom. The summed E-state index contributed by atoms with van der Waals surface area (Å²) in [4.78, 5) is 13.5. The molecule has 1 rings (SSSR count). The van der Waals surface area contributed by atoms with Crippen LogP contribution in [-0.2, 0) is 4.79 Å². The fourth-order valence-electron chi connectivity index (χ4n) is 2.34. The first-order valence-electron chi connectivity index (χ1n) is 6.23. The summed E-state index contributed by atoms with van der Waals surface area (Å²) in [6, 6.07) is 0. The molecular formula is C14H23NO. The van der Waals surface area contributed by atoms with Crippen LogP contribution in [0.2, 0.25) is 0 Å². The highest BCUT2D eigenvalue weighted by Gasteiger charge is 2.31. The van der Waals surface area contributed by atoms with E-state index in [1.165, 1.54) is 6.42 Å². The molecule has 0 N–H and O–H groups in total. The summed E-state index contributed by atoms with van der Waals surface area (Å²) < 4.78 is 0. The summed E-state index contributed by atoms with van der Waals surface area (Å²) in [6.45, 7) is 10.4. The maximum atomic E-state index is 11.6. The standard InChI is InChI=1S/C14H23NO/c1-5-7-13(16)15-10-8-12(9-11-15)14(3,4)6-2/h12H,6,8-11H2,1-4H3. The third-order valence-electron chi connectivity index (χ3n) is 4.03. The van der Waals surface area contributed by atoms with Gasteiger partial charge >= 0.3 is 0 Å². The molecule has 0 atom stereocenters. The molecule has 0 aromatic heterocycles. The first-order valence-corrected chi connectivity index (χ1v) is 6.23. The molecule has 16 heavy (non-hydrogen) atoms. The minimum atomic E-state index is -0.00439. The van der Waals surface area contributed by atoms with E-state index in [0.29, 0.717) is 5.41 Å². The Morgan fingerprint density at radius 1 is 1.38 bits per heavy atom. The minimum Gasteiger partial charge on any atom is -0.332 e. The number of carbonyl (C=O) groups is 1. The molecule has 0 bridgehead atoms. The summed E-state index contributed by atoms with van der Waals surface area (Å²) in [7, 11) is 0. The molecular weight excluding hydrogens is 198 g/mol. The van der Waals surface area contributed by atoms with E-state index in [0.717, 1.165) is 31.8 Å². The summed E-state index contributed by atoms with van der Waals surface area (Å²) in [6.07, 6.45) is 3.45. The van der Waals surface area contributed by atoms with Gasteiger partial charge < -0.3 is 4.90 Å². The smallest absolute Gasteiger partial charge is 0.298 e. The van der Waals surface area contributed by atoms with E-state index < -0.39 is 0 Å². The van der Waals surface area contributed by atoms with Crippen LogP contribution < -0.4 is 0 Å². The van der Waals surface area contributed by atoms with Crippen LogP contribution in [0.4, 0.5) is 0 Å². The Hall–Kier alpha value is -0.970. The van der Waals surface area contributed by atoms with Gasteiger partial charge in [-0.3, -0.25) is 4.79 Å². The Kier molecular flexibility index (Phi) is 4.41. The molecule has 0 aliphatic carbocycles. The van der Waals surface area contributed by atoms with Crippen LogP contribution in [0.15, 0.2) is 0 Å². The molecule has 1 aliphatic rings. The van der Waals surface area contributed by atoms with Crippen molar-refractivity contribution in [1.82, 2.24) is 4.90 Å². The number of rotatable bonds is 2. The van der Waals surface area contributed by atoms with Gasteiger partial charge in [-0.05, 0) is 37.0 Å². The van der Waals surface area contributed by atoms with Gasteiger partial charge in [-0.15, -0.1) is 0 Å². The summed E-state index contributed by atoms with van der Waals surface area (Å²) >= 11 is 0. The van der Waals surface area contributed by atoms with E-state index in [9.17, 15) is 4.79 Å². The third kappa shape index (κ3) is 3.01. The SMILES string of the molecule is CC#CC(=O)N1CCC(C(C)(C)CC)CC1. The van der Waals surface area contributed by atoms with Crippen molar-refractivity contribution in [2.45, 2.75) is 47.0 Å². The van der Waals surface area contributed by atoms with Gasteiger partial charge in [-0.25, -0.2) is 0 Å². The molecule has 90 valence electrons. The fraction of sp³-hybridized carbons (Fsp3) is 0.786. The van der Waals surface area contributed by atoms with E-state index in [2.05, 4.69) is 32.6 Å². The van der Waals surface area contributed by atoms with E-state index in [1.807, 2.05) is 4.90 Å². The second kappa shape index (κ2) is 5.39. The quantitative estimate of drug-likeness (QED) is 0.656. The van der Waals surface area contributed by atoms with Crippen molar-refractivity contribution in [2.75, 3.05) is 13.1 Å². The maximum absolute atomic E-state index is 11.6. The molecule has 1 saturated heterocycles. The van der Waals surface area contributed by atoms with Gasteiger partial charge in [0.2, 0.25) is 0 Å². The highest BCUT2D eigenvalue weighted by Crippen LogP contribution is 2.37. The van der Waals surface area contributed by atoms with Crippen LogP contribution in [-0.4, -0.2) is 23.9 Å². The number of likely N-dealkylation sites (tertiary alicyclic amines) is 1. The average Bonchev–Trinajstić information content (AvgIpc) is 2.29. The number of nitrogens with zero attached hydrogens (tertiary/aromatic N) is 1. The lowest BCUT2D eigenvalue weighted by Crippen LogP contribution is -2.41. The van der Waals surface area contributed by atoms with Crippen LogP contribution in [0.3, 0.4) is 0 Å². The predicted octanol–water partition coefficient (Wildman–Crippen LogP) is 2.68. The van der Waals surface area contributed by atoms with Crippen LogP contribution in [0, 0.1) is 23.2 Å². The van der Waals surface area contributed by atoms with Crippen molar-refractivity contribution in [1.29, 1.82) is 0 Å². The molecule has 0 unspecified atom stereocenters. The molecule has 2 heteroatoms. The van der Waals surface area contributed by atoms with Crippen molar-refractivity contribution in [3.63, 3.8) is 0 Å². The Morgan fingerprint density at radius 2 is 1.94 bits per heavy atom. The normalized spacial score (nSPS) is 17.9. The van der Waals surface area contributed by atoms with Crippen molar-refractivity contribution in [3.05, 3.63) is 0 Å². The minimum absolute atomic E-state index is 0.00439. The van der Waals surface area contributed by atoms with Gasteiger partial charge in [0.25, 0.3) is 5.91 Å². The molecule has 0 spiro atoms. The molecule has 1 heterocycles. The Labute approximate surface area is 99.4 Å². The lowest BCUT2D eigenvalue weighted by Gasteiger charge is -2.39. The van der Waals surface area contributed by atoms with Crippen molar-refractivity contribution in [2.24, 2.45) is 11.3 Å². The zero-order valence-corrected chi connectivity index (χ0v) is 11.0. The van der Waals surface area contributed by atoms with Crippen LogP contribution in [0.1, 0.15) is 47.0 Å². The fourth-order valence-corrected chi connectivity index (χ4v) is 2.34. The largest absolute Gasteiger partial charge is 0.332 e. The maximum Gasteiger partial charge on any atom is 0.298 e. The predicted molar refractivity (Wildman–Crippen MR) is 66.8 cm³/mol. The van der Waals surface area contributed by atoms with Crippen LogP contribution in [0.5, 0.6) is 0 Å². The summed E-state index contributed by atoms with van der Waals surface area (Å²) in [5.74, 6) is 6.04. The van der Waals surface area contributed by atoms with Gasteiger partial charge in [0.1, 0.15) is 0 Å². The van der Waals surface area contributed by atoms with Crippen LogP contribution >= 0.6 is 0 Å². The van der Waals surface area contributed by atoms with Gasteiger partial charge in [0.05, 0.1) is 0 Å². The Bertz CT molecular complexity index is 300. The number of piperidine rings is 1. The van der Waals surface area contributed by atoms with E-state index in [-0.39, 0.29) is 5.91 Å². The van der Waals surface area contributed by atoms with Gasteiger partial charge in [-0.2, -0.15) is 0 Å². The van der Waals surface area contributed by atoms with Gasteiger partial charge in [-0.1, -0.05) is 33.1 Å². The summed E-state index contributed by atoms with van der Waals surface area (Å²) in [5, 5.41) is 0. The number of hydrogen-bond acceptors (Lipinski definition) is 1.